The maximum absolute atomic E-state index is 12.9. The number of amides is 4. The van der Waals surface area contributed by atoms with Crippen LogP contribution in [0.2, 0.25) is 10.0 Å². The first-order valence-electron chi connectivity index (χ1n) is 8.83. The minimum atomic E-state index is -1.29. The van der Waals surface area contributed by atoms with Crippen LogP contribution < -0.4 is 10.6 Å². The summed E-state index contributed by atoms with van der Waals surface area (Å²) in [5.41, 5.74) is -0.0269. The number of rotatable bonds is 4. The predicted octanol–water partition coefficient (Wildman–Crippen LogP) is 4.83. The Bertz CT molecular complexity index is 985. The van der Waals surface area contributed by atoms with Gasteiger partial charge in [-0.1, -0.05) is 41.4 Å². The van der Waals surface area contributed by atoms with Gasteiger partial charge in [0.2, 0.25) is 11.8 Å². The molecule has 6 nitrogen and oxygen atoms in total. The second-order valence-corrected chi connectivity index (χ2v) is 8.84. The Morgan fingerprint density at radius 2 is 1.93 bits per heavy atom. The van der Waals surface area contributed by atoms with E-state index >= 15 is 0 Å². The monoisotopic (exact) mass is 545 g/mol. The van der Waals surface area contributed by atoms with Crippen molar-refractivity contribution >= 4 is 69.3 Å². The van der Waals surface area contributed by atoms with Gasteiger partial charge < -0.3 is 10.6 Å². The summed E-state index contributed by atoms with van der Waals surface area (Å²) in [5.74, 6) is -0.817. The van der Waals surface area contributed by atoms with Gasteiger partial charge >= 0.3 is 6.03 Å². The number of hydrogen-bond donors (Lipinski definition) is 2. The standard InChI is InChI=1S/C20H18Cl2IN3O3/c1-20(18(28)24-11-12-6-7-13(21)10-14(12)22)9-8-17(27)26(20)19(29)25-16-5-3-2-4-15(16)23/h2-7,10H,8-9,11H2,1H3,(H,24,28)(H,25,29). The van der Waals surface area contributed by atoms with E-state index in [1.807, 2.05) is 12.1 Å². The summed E-state index contributed by atoms with van der Waals surface area (Å²) in [6, 6.07) is 11.6. The number of halogens is 3. The molecule has 1 unspecified atom stereocenters. The van der Waals surface area contributed by atoms with E-state index in [4.69, 9.17) is 23.2 Å². The topological polar surface area (TPSA) is 78.5 Å². The van der Waals surface area contributed by atoms with Gasteiger partial charge in [-0.15, -0.1) is 0 Å². The van der Waals surface area contributed by atoms with Crippen molar-refractivity contribution in [1.29, 1.82) is 0 Å². The Morgan fingerprint density at radius 3 is 2.62 bits per heavy atom. The molecule has 29 heavy (non-hydrogen) atoms. The molecule has 9 heteroatoms. The van der Waals surface area contributed by atoms with Gasteiger partial charge in [0.25, 0.3) is 0 Å². The minimum absolute atomic E-state index is 0.116. The lowest BCUT2D eigenvalue weighted by molar-refractivity contribution is -0.136. The quantitative estimate of drug-likeness (QED) is 0.540. The smallest absolute Gasteiger partial charge is 0.329 e. The van der Waals surface area contributed by atoms with Crippen LogP contribution >= 0.6 is 45.8 Å². The van der Waals surface area contributed by atoms with Crippen molar-refractivity contribution in [3.8, 4) is 0 Å². The van der Waals surface area contributed by atoms with Crippen LogP contribution in [0.15, 0.2) is 42.5 Å². The third kappa shape index (κ3) is 4.67. The molecule has 3 rings (SSSR count). The highest BCUT2D eigenvalue weighted by atomic mass is 127. The Hall–Kier alpha value is -1.84. The zero-order valence-electron chi connectivity index (χ0n) is 15.5. The zero-order chi connectivity index (χ0) is 21.2. The zero-order valence-corrected chi connectivity index (χ0v) is 19.1. The Labute approximate surface area is 192 Å². The fourth-order valence-corrected chi connectivity index (χ4v) is 4.16. The Kier molecular flexibility index (Phi) is 6.70. The molecule has 152 valence electrons. The molecule has 2 aromatic carbocycles. The number of carbonyl (C=O) groups excluding carboxylic acids is 3. The van der Waals surface area contributed by atoms with Crippen LogP contribution in [0.4, 0.5) is 10.5 Å². The van der Waals surface area contributed by atoms with E-state index in [1.54, 1.807) is 37.3 Å². The normalized spacial score (nSPS) is 18.6. The second kappa shape index (κ2) is 8.89. The molecule has 0 bridgehead atoms. The average molecular weight is 546 g/mol. The third-order valence-corrected chi connectivity index (χ3v) is 6.36. The third-order valence-electron chi connectivity index (χ3n) is 4.83. The maximum atomic E-state index is 12.9. The molecular formula is C20H18Cl2IN3O3. The number of anilines is 1. The number of urea groups is 1. The molecule has 1 fully saturated rings. The van der Waals surface area contributed by atoms with Gasteiger partial charge in [0.1, 0.15) is 5.54 Å². The first kappa shape index (κ1) is 21.9. The van der Waals surface area contributed by atoms with E-state index in [-0.39, 0.29) is 19.4 Å². The summed E-state index contributed by atoms with van der Waals surface area (Å²) in [6.45, 7) is 1.75. The lowest BCUT2D eigenvalue weighted by atomic mass is 9.97. The van der Waals surface area contributed by atoms with Crippen molar-refractivity contribution in [2.75, 3.05) is 5.32 Å². The molecule has 1 atom stereocenters. The van der Waals surface area contributed by atoms with Crippen LogP contribution in [0.1, 0.15) is 25.3 Å². The molecule has 1 aliphatic rings. The van der Waals surface area contributed by atoms with E-state index in [2.05, 4.69) is 33.2 Å². The second-order valence-electron chi connectivity index (χ2n) is 6.83. The van der Waals surface area contributed by atoms with Gasteiger partial charge in [0.05, 0.1) is 5.69 Å². The number of para-hydroxylation sites is 1. The summed E-state index contributed by atoms with van der Waals surface area (Å²) in [4.78, 5) is 39.2. The van der Waals surface area contributed by atoms with Crippen molar-refractivity contribution in [1.82, 2.24) is 10.2 Å². The minimum Gasteiger partial charge on any atom is -0.350 e. The highest BCUT2D eigenvalue weighted by Crippen LogP contribution is 2.32. The molecule has 0 aromatic heterocycles. The number of nitrogens with zero attached hydrogens (tertiary/aromatic N) is 1. The van der Waals surface area contributed by atoms with Gasteiger partial charge in [-0.3, -0.25) is 9.59 Å². The summed E-state index contributed by atoms with van der Waals surface area (Å²) >= 11 is 14.1. The lowest BCUT2D eigenvalue weighted by Gasteiger charge is -2.32. The van der Waals surface area contributed by atoms with Crippen molar-refractivity contribution in [3.63, 3.8) is 0 Å². The molecule has 2 aromatic rings. The fourth-order valence-electron chi connectivity index (χ4n) is 3.17. The molecule has 1 aliphatic heterocycles. The van der Waals surface area contributed by atoms with Crippen LogP contribution in [0.25, 0.3) is 0 Å². The van der Waals surface area contributed by atoms with Crippen LogP contribution in [-0.4, -0.2) is 28.3 Å². The number of nitrogens with one attached hydrogen (secondary N) is 2. The average Bonchev–Trinajstić information content (AvgIpc) is 2.98. The van der Waals surface area contributed by atoms with E-state index in [1.165, 1.54) is 0 Å². The Morgan fingerprint density at radius 1 is 1.21 bits per heavy atom. The summed E-state index contributed by atoms with van der Waals surface area (Å²) in [6.07, 6.45) is 0.357. The number of carbonyl (C=O) groups is 3. The van der Waals surface area contributed by atoms with Gasteiger partial charge in [0.15, 0.2) is 0 Å². The van der Waals surface area contributed by atoms with Gasteiger partial charge in [-0.2, -0.15) is 0 Å². The molecule has 2 N–H and O–H groups in total. The highest BCUT2D eigenvalue weighted by molar-refractivity contribution is 14.1. The largest absolute Gasteiger partial charge is 0.350 e. The van der Waals surface area contributed by atoms with Crippen LogP contribution in [0, 0.1) is 3.57 Å². The summed E-state index contributed by atoms with van der Waals surface area (Å²) in [7, 11) is 0. The van der Waals surface area contributed by atoms with Crippen molar-refractivity contribution in [2.24, 2.45) is 0 Å². The van der Waals surface area contributed by atoms with E-state index in [0.29, 0.717) is 21.3 Å². The molecule has 0 saturated carbocycles. The first-order chi connectivity index (χ1) is 13.7. The molecule has 4 amide bonds. The number of benzene rings is 2. The SMILES string of the molecule is CC1(C(=O)NCc2ccc(Cl)cc2Cl)CCC(=O)N1C(=O)Nc1ccccc1I. The summed E-state index contributed by atoms with van der Waals surface area (Å²) < 4.78 is 0.827. The van der Waals surface area contributed by atoms with Crippen molar-refractivity contribution in [2.45, 2.75) is 31.8 Å². The predicted molar refractivity (Wildman–Crippen MR) is 121 cm³/mol. The number of likely N-dealkylation sites (tertiary alicyclic amines) is 1. The van der Waals surface area contributed by atoms with Crippen LogP contribution in [-0.2, 0) is 16.1 Å². The van der Waals surface area contributed by atoms with Gasteiger partial charge in [0, 0.05) is 26.6 Å². The number of imide groups is 1. The van der Waals surface area contributed by atoms with Crippen molar-refractivity contribution < 1.29 is 14.4 Å². The molecule has 1 saturated heterocycles. The molecule has 0 spiro atoms. The van der Waals surface area contributed by atoms with Crippen molar-refractivity contribution in [3.05, 3.63) is 61.6 Å². The Balaban J connectivity index is 1.75. The molecule has 1 heterocycles. The van der Waals surface area contributed by atoms with Gasteiger partial charge in [-0.05, 0) is 65.8 Å². The fraction of sp³-hybridized carbons (Fsp3) is 0.250. The molecule has 0 radical (unpaired) electrons. The highest BCUT2D eigenvalue weighted by Gasteiger charge is 2.50. The van der Waals surface area contributed by atoms with Crippen LogP contribution in [0.5, 0.6) is 0 Å². The first-order valence-corrected chi connectivity index (χ1v) is 10.7. The maximum Gasteiger partial charge on any atom is 0.329 e. The van der Waals surface area contributed by atoms with E-state index in [9.17, 15) is 14.4 Å². The molecule has 0 aliphatic carbocycles. The van der Waals surface area contributed by atoms with E-state index in [0.717, 1.165) is 8.47 Å². The number of hydrogen-bond acceptors (Lipinski definition) is 3. The van der Waals surface area contributed by atoms with E-state index < -0.39 is 23.4 Å². The lowest BCUT2D eigenvalue weighted by Crippen LogP contribution is -2.57. The van der Waals surface area contributed by atoms with Gasteiger partial charge in [-0.25, -0.2) is 9.69 Å². The van der Waals surface area contributed by atoms with Crippen LogP contribution in [0.3, 0.4) is 0 Å². The molecular weight excluding hydrogens is 528 g/mol. The summed E-state index contributed by atoms with van der Waals surface area (Å²) in [5, 5.41) is 6.43.